The van der Waals surface area contributed by atoms with Gasteiger partial charge in [0.15, 0.2) is 6.29 Å². The Morgan fingerprint density at radius 1 is 1.00 bits per heavy atom. The van der Waals surface area contributed by atoms with E-state index in [4.69, 9.17) is 9.47 Å². The molecule has 1 N–H and O–H groups in total. The third-order valence-corrected chi connectivity index (χ3v) is 3.66. The Morgan fingerprint density at radius 3 is 2.38 bits per heavy atom. The quantitative estimate of drug-likeness (QED) is 0.782. The van der Waals surface area contributed by atoms with Crippen LogP contribution in [0, 0.1) is 0 Å². The summed E-state index contributed by atoms with van der Waals surface area (Å²) in [6.45, 7) is 3.83. The van der Waals surface area contributed by atoms with E-state index in [2.05, 4.69) is 12.2 Å². The van der Waals surface area contributed by atoms with Crippen molar-refractivity contribution in [2.45, 2.75) is 70.2 Å². The molecule has 0 amide bonds. The van der Waals surface area contributed by atoms with Crippen molar-refractivity contribution in [2.24, 2.45) is 0 Å². The van der Waals surface area contributed by atoms with Crippen LogP contribution in [0.2, 0.25) is 0 Å². The fourth-order valence-corrected chi connectivity index (χ4v) is 2.83. The van der Waals surface area contributed by atoms with Gasteiger partial charge in [0.05, 0.1) is 13.2 Å². The summed E-state index contributed by atoms with van der Waals surface area (Å²) in [6, 6.07) is 1.45. The molecule has 0 unspecified atom stereocenters. The average molecular weight is 227 g/mol. The Kier molecular flexibility index (Phi) is 5.07. The minimum absolute atomic E-state index is 0.0772. The first kappa shape index (κ1) is 12.3. The van der Waals surface area contributed by atoms with Crippen molar-refractivity contribution in [3.63, 3.8) is 0 Å². The minimum atomic E-state index is 0.0772. The van der Waals surface area contributed by atoms with Crippen LogP contribution in [-0.4, -0.2) is 31.6 Å². The maximum Gasteiger partial charge on any atom is 0.157 e. The van der Waals surface area contributed by atoms with Crippen molar-refractivity contribution in [1.29, 1.82) is 0 Å². The van der Waals surface area contributed by atoms with E-state index in [-0.39, 0.29) is 6.29 Å². The third-order valence-electron chi connectivity index (χ3n) is 3.66. The second kappa shape index (κ2) is 6.58. The van der Waals surface area contributed by atoms with Crippen LogP contribution in [0.5, 0.6) is 0 Å². The van der Waals surface area contributed by atoms with Gasteiger partial charge in [0.2, 0.25) is 0 Å². The van der Waals surface area contributed by atoms with Gasteiger partial charge in [-0.25, -0.2) is 0 Å². The lowest BCUT2D eigenvalue weighted by molar-refractivity contribution is -0.0498. The zero-order valence-electron chi connectivity index (χ0n) is 10.4. The molecule has 0 aromatic carbocycles. The van der Waals surface area contributed by atoms with Crippen molar-refractivity contribution in [3.8, 4) is 0 Å². The van der Waals surface area contributed by atoms with Crippen LogP contribution >= 0.6 is 0 Å². The molecule has 2 heterocycles. The minimum Gasteiger partial charge on any atom is -0.350 e. The third kappa shape index (κ3) is 3.72. The highest BCUT2D eigenvalue weighted by atomic mass is 16.7. The number of rotatable bonds is 5. The number of ether oxygens (including phenoxy) is 2. The highest BCUT2D eigenvalue weighted by Gasteiger charge is 2.22. The monoisotopic (exact) mass is 227 g/mol. The SMILES string of the molecule is CCC[C@@H]1CCC[C@H](CCC2OCCO2)N1. The van der Waals surface area contributed by atoms with Crippen molar-refractivity contribution in [3.05, 3.63) is 0 Å². The molecule has 0 aromatic rings. The predicted molar refractivity (Wildman–Crippen MR) is 64.4 cm³/mol. The van der Waals surface area contributed by atoms with Gasteiger partial charge in [0.25, 0.3) is 0 Å². The van der Waals surface area contributed by atoms with E-state index in [1.807, 2.05) is 0 Å². The molecule has 2 aliphatic heterocycles. The Hall–Kier alpha value is -0.120. The molecule has 2 saturated heterocycles. The number of piperidine rings is 1. The lowest BCUT2D eigenvalue weighted by atomic mass is 9.93. The van der Waals surface area contributed by atoms with E-state index >= 15 is 0 Å². The molecule has 0 bridgehead atoms. The zero-order chi connectivity index (χ0) is 11.2. The maximum absolute atomic E-state index is 5.47. The molecule has 16 heavy (non-hydrogen) atoms. The van der Waals surface area contributed by atoms with Gasteiger partial charge in [-0.3, -0.25) is 0 Å². The summed E-state index contributed by atoms with van der Waals surface area (Å²) in [5.41, 5.74) is 0. The van der Waals surface area contributed by atoms with Gasteiger partial charge in [0, 0.05) is 12.1 Å². The van der Waals surface area contributed by atoms with Crippen molar-refractivity contribution in [1.82, 2.24) is 5.32 Å². The van der Waals surface area contributed by atoms with Gasteiger partial charge in [0.1, 0.15) is 0 Å². The topological polar surface area (TPSA) is 30.5 Å². The first-order chi connectivity index (χ1) is 7.88. The number of hydrogen-bond donors (Lipinski definition) is 1. The lowest BCUT2D eigenvalue weighted by Gasteiger charge is -2.31. The van der Waals surface area contributed by atoms with Crippen molar-refractivity contribution < 1.29 is 9.47 Å². The van der Waals surface area contributed by atoms with Crippen LogP contribution in [0.1, 0.15) is 51.9 Å². The number of hydrogen-bond acceptors (Lipinski definition) is 3. The molecule has 0 radical (unpaired) electrons. The van der Waals surface area contributed by atoms with Gasteiger partial charge in [-0.05, 0) is 32.1 Å². The molecule has 0 aliphatic carbocycles. The standard InChI is InChI=1S/C13H25NO2/c1-2-4-11-5-3-6-12(14-11)7-8-13-15-9-10-16-13/h11-14H,2-10H2,1H3/t11-,12-/m1/s1. The van der Waals surface area contributed by atoms with Gasteiger partial charge in [-0.15, -0.1) is 0 Å². The molecule has 2 rings (SSSR count). The normalized spacial score (nSPS) is 32.1. The summed E-state index contributed by atoms with van der Waals surface area (Å²) in [5, 5.41) is 3.77. The van der Waals surface area contributed by atoms with E-state index in [1.165, 1.54) is 38.5 Å². The van der Waals surface area contributed by atoms with Gasteiger partial charge < -0.3 is 14.8 Å². The second-order valence-electron chi connectivity index (χ2n) is 5.03. The molecule has 0 saturated carbocycles. The molecule has 2 fully saturated rings. The van der Waals surface area contributed by atoms with Crippen LogP contribution in [-0.2, 0) is 9.47 Å². The molecule has 0 spiro atoms. The molecular formula is C13H25NO2. The zero-order valence-corrected chi connectivity index (χ0v) is 10.4. The summed E-state index contributed by atoms with van der Waals surface area (Å²) in [7, 11) is 0. The molecule has 2 atom stereocenters. The van der Waals surface area contributed by atoms with E-state index in [1.54, 1.807) is 0 Å². The molecule has 94 valence electrons. The van der Waals surface area contributed by atoms with Gasteiger partial charge >= 0.3 is 0 Å². The van der Waals surface area contributed by atoms with Crippen LogP contribution in [0.4, 0.5) is 0 Å². The molecule has 3 heteroatoms. The van der Waals surface area contributed by atoms with Crippen molar-refractivity contribution >= 4 is 0 Å². The largest absolute Gasteiger partial charge is 0.350 e. The van der Waals surface area contributed by atoms with Crippen LogP contribution in [0.25, 0.3) is 0 Å². The number of nitrogens with one attached hydrogen (secondary N) is 1. The van der Waals surface area contributed by atoms with Crippen molar-refractivity contribution in [2.75, 3.05) is 13.2 Å². The Balaban J connectivity index is 1.64. The van der Waals surface area contributed by atoms with Gasteiger partial charge in [-0.2, -0.15) is 0 Å². The molecular weight excluding hydrogens is 202 g/mol. The first-order valence-corrected chi connectivity index (χ1v) is 6.87. The summed E-state index contributed by atoms with van der Waals surface area (Å²) in [5.74, 6) is 0. The smallest absolute Gasteiger partial charge is 0.157 e. The van der Waals surface area contributed by atoms with Crippen LogP contribution in [0.15, 0.2) is 0 Å². The molecule has 3 nitrogen and oxygen atoms in total. The van der Waals surface area contributed by atoms with E-state index in [9.17, 15) is 0 Å². The van der Waals surface area contributed by atoms with E-state index < -0.39 is 0 Å². The van der Waals surface area contributed by atoms with Crippen LogP contribution < -0.4 is 5.32 Å². The highest BCUT2D eigenvalue weighted by Crippen LogP contribution is 2.21. The fraction of sp³-hybridized carbons (Fsp3) is 1.00. The summed E-state index contributed by atoms with van der Waals surface area (Å²) in [6.07, 6.45) is 9.02. The maximum atomic E-state index is 5.47. The molecule has 2 aliphatic rings. The van der Waals surface area contributed by atoms with Gasteiger partial charge in [-0.1, -0.05) is 19.8 Å². The Labute approximate surface area is 98.9 Å². The van der Waals surface area contributed by atoms with Crippen LogP contribution in [0.3, 0.4) is 0 Å². The lowest BCUT2D eigenvalue weighted by Crippen LogP contribution is -2.42. The summed E-state index contributed by atoms with van der Waals surface area (Å²) in [4.78, 5) is 0. The molecule has 0 aromatic heterocycles. The summed E-state index contributed by atoms with van der Waals surface area (Å²) < 4.78 is 10.9. The highest BCUT2D eigenvalue weighted by molar-refractivity contribution is 4.80. The Bertz CT molecular complexity index is 190. The van der Waals surface area contributed by atoms with E-state index in [0.29, 0.717) is 6.04 Å². The fourth-order valence-electron chi connectivity index (χ4n) is 2.83. The van der Waals surface area contributed by atoms with E-state index in [0.717, 1.165) is 25.7 Å². The predicted octanol–water partition coefficient (Wildman–Crippen LogP) is 2.45. The average Bonchev–Trinajstić information content (AvgIpc) is 2.80. The summed E-state index contributed by atoms with van der Waals surface area (Å²) >= 11 is 0. The first-order valence-electron chi connectivity index (χ1n) is 6.87. The Morgan fingerprint density at radius 2 is 1.69 bits per heavy atom. The second-order valence-corrected chi connectivity index (χ2v) is 5.03.